The summed E-state index contributed by atoms with van der Waals surface area (Å²) in [5.41, 5.74) is 2.37. The Kier molecular flexibility index (Phi) is 4.24. The quantitative estimate of drug-likeness (QED) is 0.668. The van der Waals surface area contributed by atoms with Crippen LogP contribution in [0.3, 0.4) is 0 Å². The third-order valence-electron chi connectivity index (χ3n) is 3.60. The summed E-state index contributed by atoms with van der Waals surface area (Å²) in [5, 5.41) is 1.10. The maximum absolute atomic E-state index is 11.4. The van der Waals surface area contributed by atoms with Gasteiger partial charge in [-0.3, -0.25) is 4.79 Å². The number of Topliss-reactive ketones (excluding diaryl/α,β-unsaturated/α-hetero) is 1. The zero-order chi connectivity index (χ0) is 16.2. The van der Waals surface area contributed by atoms with Crippen molar-refractivity contribution in [1.29, 1.82) is 0 Å². The van der Waals surface area contributed by atoms with Crippen molar-refractivity contribution in [1.82, 2.24) is 4.98 Å². The van der Waals surface area contributed by atoms with Crippen LogP contribution in [0, 0.1) is 0 Å². The third-order valence-corrected chi connectivity index (χ3v) is 3.60. The van der Waals surface area contributed by atoms with Gasteiger partial charge in [0.25, 0.3) is 0 Å². The van der Waals surface area contributed by atoms with Crippen LogP contribution < -0.4 is 9.47 Å². The summed E-state index contributed by atoms with van der Waals surface area (Å²) in [5.74, 6) is 1.12. The van der Waals surface area contributed by atoms with Gasteiger partial charge in [0.2, 0.25) is 0 Å². The van der Waals surface area contributed by atoms with Crippen molar-refractivity contribution in [2.24, 2.45) is 0 Å². The lowest BCUT2D eigenvalue weighted by molar-refractivity contribution is 0.101. The highest BCUT2D eigenvalue weighted by Gasteiger charge is 2.09. The van der Waals surface area contributed by atoms with Gasteiger partial charge in [-0.2, -0.15) is 0 Å². The molecule has 0 aliphatic carbocycles. The Labute approximate surface area is 134 Å². The molecule has 0 aliphatic rings. The molecule has 0 saturated carbocycles. The van der Waals surface area contributed by atoms with E-state index in [1.54, 1.807) is 25.3 Å². The number of hydrogen-bond acceptors (Lipinski definition) is 4. The van der Waals surface area contributed by atoms with Crippen LogP contribution in [0.25, 0.3) is 10.9 Å². The van der Waals surface area contributed by atoms with Gasteiger partial charge in [0, 0.05) is 10.9 Å². The maximum atomic E-state index is 11.4. The van der Waals surface area contributed by atoms with Crippen molar-refractivity contribution < 1.29 is 14.3 Å². The molecule has 0 amide bonds. The van der Waals surface area contributed by atoms with Gasteiger partial charge in [0.05, 0.1) is 18.3 Å². The van der Waals surface area contributed by atoms with Gasteiger partial charge < -0.3 is 9.47 Å². The van der Waals surface area contributed by atoms with E-state index >= 15 is 0 Å². The van der Waals surface area contributed by atoms with Crippen molar-refractivity contribution >= 4 is 16.7 Å². The Hall–Kier alpha value is -2.88. The van der Waals surface area contributed by atoms with Crippen molar-refractivity contribution in [3.63, 3.8) is 0 Å². The molecular weight excluding hydrogens is 290 g/mol. The van der Waals surface area contributed by atoms with Gasteiger partial charge in [-0.25, -0.2) is 4.98 Å². The number of fused-ring (bicyclic) bond motifs is 1. The van der Waals surface area contributed by atoms with E-state index in [-0.39, 0.29) is 5.78 Å². The lowest BCUT2D eigenvalue weighted by Gasteiger charge is -2.11. The molecule has 0 aliphatic heterocycles. The highest BCUT2D eigenvalue weighted by Crippen LogP contribution is 2.29. The lowest BCUT2D eigenvalue weighted by atomic mass is 10.1. The number of pyridine rings is 1. The Morgan fingerprint density at radius 2 is 1.87 bits per heavy atom. The van der Waals surface area contributed by atoms with Gasteiger partial charge >= 0.3 is 0 Å². The molecule has 3 aromatic rings. The van der Waals surface area contributed by atoms with Crippen LogP contribution in [0.4, 0.5) is 0 Å². The SMILES string of the molecule is COc1cc(C(C)=O)ccc1OCc1ccc2ccccc2n1. The molecule has 0 radical (unpaired) electrons. The first kappa shape index (κ1) is 15.0. The second-order valence-corrected chi connectivity index (χ2v) is 5.21. The summed E-state index contributed by atoms with van der Waals surface area (Å²) < 4.78 is 11.1. The monoisotopic (exact) mass is 307 g/mol. The molecule has 0 fully saturated rings. The third kappa shape index (κ3) is 3.31. The average molecular weight is 307 g/mol. The summed E-state index contributed by atoms with van der Waals surface area (Å²) >= 11 is 0. The highest BCUT2D eigenvalue weighted by molar-refractivity contribution is 5.94. The molecule has 0 unspecified atom stereocenters. The number of para-hydroxylation sites is 1. The number of rotatable bonds is 5. The van der Waals surface area contributed by atoms with Gasteiger partial charge in [-0.1, -0.05) is 24.3 Å². The number of nitrogens with zero attached hydrogens (tertiary/aromatic N) is 1. The Balaban J connectivity index is 1.80. The average Bonchev–Trinajstić information content (AvgIpc) is 2.59. The Morgan fingerprint density at radius 1 is 1.04 bits per heavy atom. The number of hydrogen-bond donors (Lipinski definition) is 0. The van der Waals surface area contributed by atoms with Crippen LogP contribution in [-0.2, 0) is 6.61 Å². The molecule has 0 atom stereocenters. The number of aromatic nitrogens is 1. The van der Waals surface area contributed by atoms with E-state index in [0.29, 0.717) is 23.7 Å². The fourth-order valence-electron chi connectivity index (χ4n) is 2.35. The number of carbonyl (C=O) groups excluding carboxylic acids is 1. The standard InChI is InChI=1S/C19H17NO3/c1-13(21)15-8-10-18(19(11-15)22-2)23-12-16-9-7-14-5-3-4-6-17(14)20-16/h3-11H,12H2,1-2H3. The van der Waals surface area contributed by atoms with Crippen LogP contribution in [0.5, 0.6) is 11.5 Å². The maximum Gasteiger partial charge on any atom is 0.161 e. The van der Waals surface area contributed by atoms with E-state index in [0.717, 1.165) is 16.6 Å². The lowest BCUT2D eigenvalue weighted by Crippen LogP contribution is -2.01. The Bertz CT molecular complexity index is 858. The van der Waals surface area contributed by atoms with E-state index in [1.807, 2.05) is 36.4 Å². The highest BCUT2D eigenvalue weighted by atomic mass is 16.5. The van der Waals surface area contributed by atoms with Crippen molar-refractivity contribution in [2.45, 2.75) is 13.5 Å². The van der Waals surface area contributed by atoms with Crippen molar-refractivity contribution in [2.75, 3.05) is 7.11 Å². The molecule has 4 nitrogen and oxygen atoms in total. The van der Waals surface area contributed by atoms with Crippen LogP contribution >= 0.6 is 0 Å². The van der Waals surface area contributed by atoms with Gasteiger partial charge in [-0.15, -0.1) is 0 Å². The largest absolute Gasteiger partial charge is 0.493 e. The van der Waals surface area contributed by atoms with Gasteiger partial charge in [0.1, 0.15) is 6.61 Å². The molecule has 4 heteroatoms. The molecule has 0 N–H and O–H groups in total. The van der Waals surface area contributed by atoms with E-state index in [2.05, 4.69) is 4.98 Å². The number of ether oxygens (including phenoxy) is 2. The van der Waals surface area contributed by atoms with Crippen molar-refractivity contribution in [3.05, 3.63) is 65.9 Å². The number of ketones is 1. The number of benzene rings is 2. The molecule has 1 heterocycles. The first-order chi connectivity index (χ1) is 11.2. The van der Waals surface area contributed by atoms with Crippen LogP contribution in [-0.4, -0.2) is 17.9 Å². The smallest absolute Gasteiger partial charge is 0.161 e. The molecule has 0 saturated heterocycles. The Morgan fingerprint density at radius 3 is 2.65 bits per heavy atom. The molecule has 1 aromatic heterocycles. The van der Waals surface area contributed by atoms with E-state index < -0.39 is 0 Å². The summed E-state index contributed by atoms with van der Waals surface area (Å²) in [4.78, 5) is 16.0. The summed E-state index contributed by atoms with van der Waals surface area (Å²) in [6, 6.07) is 17.1. The summed E-state index contributed by atoms with van der Waals surface area (Å²) in [6.07, 6.45) is 0. The zero-order valence-corrected chi connectivity index (χ0v) is 13.1. The predicted molar refractivity (Wildman–Crippen MR) is 89.1 cm³/mol. The van der Waals surface area contributed by atoms with Crippen molar-refractivity contribution in [3.8, 4) is 11.5 Å². The topological polar surface area (TPSA) is 48.4 Å². The first-order valence-electron chi connectivity index (χ1n) is 7.34. The second kappa shape index (κ2) is 6.48. The molecule has 116 valence electrons. The number of carbonyl (C=O) groups is 1. The molecule has 2 aromatic carbocycles. The van der Waals surface area contributed by atoms with Crippen LogP contribution in [0.1, 0.15) is 23.0 Å². The minimum absolute atomic E-state index is 0.00829. The number of methoxy groups -OCH3 is 1. The van der Waals surface area contributed by atoms with Gasteiger partial charge in [0.15, 0.2) is 17.3 Å². The molecule has 0 spiro atoms. The predicted octanol–water partition coefficient (Wildman–Crippen LogP) is 4.03. The minimum Gasteiger partial charge on any atom is -0.493 e. The summed E-state index contributed by atoms with van der Waals surface area (Å²) in [6.45, 7) is 1.86. The first-order valence-corrected chi connectivity index (χ1v) is 7.34. The minimum atomic E-state index is -0.00829. The van der Waals surface area contributed by atoms with E-state index in [1.165, 1.54) is 6.92 Å². The fourth-order valence-corrected chi connectivity index (χ4v) is 2.35. The molecule has 0 bridgehead atoms. The van der Waals surface area contributed by atoms with Crippen LogP contribution in [0.15, 0.2) is 54.6 Å². The van der Waals surface area contributed by atoms with E-state index in [9.17, 15) is 4.79 Å². The van der Waals surface area contributed by atoms with E-state index in [4.69, 9.17) is 9.47 Å². The zero-order valence-electron chi connectivity index (χ0n) is 13.1. The van der Waals surface area contributed by atoms with Gasteiger partial charge in [-0.05, 0) is 37.3 Å². The molecular formula is C19H17NO3. The molecule has 23 heavy (non-hydrogen) atoms. The molecule has 3 rings (SSSR count). The summed E-state index contributed by atoms with van der Waals surface area (Å²) in [7, 11) is 1.56. The fraction of sp³-hybridized carbons (Fsp3) is 0.158. The second-order valence-electron chi connectivity index (χ2n) is 5.21. The van der Waals surface area contributed by atoms with Crippen LogP contribution in [0.2, 0.25) is 0 Å². The normalized spacial score (nSPS) is 10.5.